The van der Waals surface area contributed by atoms with Crippen molar-refractivity contribution in [3.05, 3.63) is 59.7 Å². The van der Waals surface area contributed by atoms with Crippen molar-refractivity contribution in [3.8, 4) is 5.75 Å². The van der Waals surface area contributed by atoms with Crippen molar-refractivity contribution in [1.29, 1.82) is 0 Å². The van der Waals surface area contributed by atoms with Gasteiger partial charge in [0.2, 0.25) is 5.91 Å². The number of hydrogen-bond acceptors (Lipinski definition) is 5. The van der Waals surface area contributed by atoms with Crippen molar-refractivity contribution in [1.82, 2.24) is 0 Å². The Labute approximate surface area is 159 Å². The molecule has 2 aromatic rings. The van der Waals surface area contributed by atoms with Crippen LogP contribution in [0.2, 0.25) is 0 Å². The fraction of sp³-hybridized carbons (Fsp3) is 0.250. The second kappa shape index (κ2) is 8.16. The molecule has 1 heterocycles. The molecule has 3 rings (SSSR count). The Morgan fingerprint density at radius 1 is 1.14 bits per heavy atom. The van der Waals surface area contributed by atoms with Crippen molar-refractivity contribution in [2.75, 3.05) is 25.2 Å². The number of amides is 1. The van der Waals surface area contributed by atoms with E-state index < -0.39 is 35.9 Å². The van der Waals surface area contributed by atoms with Gasteiger partial charge >= 0.3 is 5.97 Å². The third kappa shape index (κ3) is 4.00. The second-order valence-corrected chi connectivity index (χ2v) is 6.24. The van der Waals surface area contributed by atoms with Crippen LogP contribution in [0.1, 0.15) is 16.8 Å². The van der Waals surface area contributed by atoms with Crippen LogP contribution in [-0.4, -0.2) is 37.9 Å². The average molecular weight is 389 g/mol. The number of halogens is 2. The van der Waals surface area contributed by atoms with Crippen molar-refractivity contribution in [2.24, 2.45) is 5.92 Å². The average Bonchev–Trinajstić information content (AvgIpc) is 3.09. The topological polar surface area (TPSA) is 72.9 Å². The zero-order valence-electron chi connectivity index (χ0n) is 15.0. The number of Topliss-reactive ketones (excluding diaryl/α,β-unsaturated/α-hetero) is 1. The number of esters is 1. The van der Waals surface area contributed by atoms with Crippen LogP contribution in [0.4, 0.5) is 14.5 Å². The molecule has 146 valence electrons. The molecule has 0 aromatic heterocycles. The van der Waals surface area contributed by atoms with Crippen molar-refractivity contribution >= 4 is 23.3 Å². The lowest BCUT2D eigenvalue weighted by Gasteiger charge is -2.19. The number of anilines is 1. The highest BCUT2D eigenvalue weighted by Gasteiger charge is 2.37. The number of ketones is 1. The number of ether oxygens (including phenoxy) is 2. The summed E-state index contributed by atoms with van der Waals surface area (Å²) in [6, 6.07) is 9.60. The molecule has 6 nitrogen and oxygen atoms in total. The Hall–Kier alpha value is -3.29. The van der Waals surface area contributed by atoms with Crippen LogP contribution in [0.25, 0.3) is 0 Å². The molecule has 0 aliphatic carbocycles. The maximum Gasteiger partial charge on any atom is 0.311 e. The van der Waals surface area contributed by atoms with E-state index in [1.165, 1.54) is 12.0 Å². The molecule has 28 heavy (non-hydrogen) atoms. The summed E-state index contributed by atoms with van der Waals surface area (Å²) in [5.74, 6) is -4.12. The van der Waals surface area contributed by atoms with Crippen LogP contribution >= 0.6 is 0 Å². The van der Waals surface area contributed by atoms with Crippen molar-refractivity contribution in [2.45, 2.75) is 6.42 Å². The monoisotopic (exact) mass is 389 g/mol. The number of nitrogens with zero attached hydrogens (tertiary/aromatic N) is 1. The molecule has 0 radical (unpaired) electrons. The molecule has 1 aliphatic rings. The van der Waals surface area contributed by atoms with E-state index in [4.69, 9.17) is 9.47 Å². The van der Waals surface area contributed by atoms with E-state index in [-0.39, 0.29) is 24.4 Å². The number of para-hydroxylation sites is 2. The summed E-state index contributed by atoms with van der Waals surface area (Å²) in [7, 11) is 1.48. The molecular formula is C20H17F2NO5. The predicted octanol–water partition coefficient (Wildman–Crippen LogP) is 2.75. The van der Waals surface area contributed by atoms with E-state index in [9.17, 15) is 23.2 Å². The number of methoxy groups -OCH3 is 1. The normalized spacial score (nSPS) is 16.2. The van der Waals surface area contributed by atoms with E-state index in [1.54, 1.807) is 24.3 Å². The first-order chi connectivity index (χ1) is 13.4. The van der Waals surface area contributed by atoms with Crippen LogP contribution in [0.5, 0.6) is 5.75 Å². The van der Waals surface area contributed by atoms with Gasteiger partial charge in [-0.3, -0.25) is 14.4 Å². The fourth-order valence-electron chi connectivity index (χ4n) is 2.96. The standard InChI is InChI=1S/C20H17F2NO5/c1-27-18-5-3-2-4-16(18)23-10-13(9-19(23)25)20(26)28-11-17(24)12-6-7-14(21)15(22)8-12/h2-8,13H,9-11H2,1H3/t13-/m0/s1. The van der Waals surface area contributed by atoms with Crippen molar-refractivity contribution in [3.63, 3.8) is 0 Å². The number of hydrogen-bond donors (Lipinski definition) is 0. The minimum Gasteiger partial charge on any atom is -0.495 e. The molecule has 1 saturated heterocycles. The van der Waals surface area contributed by atoms with Gasteiger partial charge in [0.1, 0.15) is 5.75 Å². The predicted molar refractivity (Wildman–Crippen MR) is 95.1 cm³/mol. The first-order valence-electron chi connectivity index (χ1n) is 8.49. The molecular weight excluding hydrogens is 372 g/mol. The maximum absolute atomic E-state index is 13.2. The van der Waals surface area contributed by atoms with Crippen LogP contribution in [0.3, 0.4) is 0 Å². The molecule has 0 spiro atoms. The lowest BCUT2D eigenvalue weighted by Crippen LogP contribution is -2.27. The summed E-state index contributed by atoms with van der Waals surface area (Å²) in [5, 5.41) is 0. The van der Waals surface area contributed by atoms with Gasteiger partial charge in [0.15, 0.2) is 24.0 Å². The van der Waals surface area contributed by atoms with Gasteiger partial charge < -0.3 is 14.4 Å². The number of carbonyl (C=O) groups is 3. The SMILES string of the molecule is COc1ccccc1N1C[C@@H](C(=O)OCC(=O)c2ccc(F)c(F)c2)CC1=O. The van der Waals surface area contributed by atoms with E-state index >= 15 is 0 Å². The number of rotatable bonds is 6. The first-order valence-corrected chi connectivity index (χ1v) is 8.49. The molecule has 8 heteroatoms. The summed E-state index contributed by atoms with van der Waals surface area (Å²) < 4.78 is 36.4. The van der Waals surface area contributed by atoms with Gasteiger partial charge in [-0.05, 0) is 30.3 Å². The number of benzene rings is 2. The van der Waals surface area contributed by atoms with Gasteiger partial charge in [-0.2, -0.15) is 0 Å². The Balaban J connectivity index is 1.61. The van der Waals surface area contributed by atoms with Gasteiger partial charge in [0, 0.05) is 18.5 Å². The Kier molecular flexibility index (Phi) is 5.67. The van der Waals surface area contributed by atoms with Crippen LogP contribution in [0.15, 0.2) is 42.5 Å². The lowest BCUT2D eigenvalue weighted by atomic mass is 10.1. The van der Waals surface area contributed by atoms with Gasteiger partial charge in [0.05, 0.1) is 18.7 Å². The molecule has 1 aliphatic heterocycles. The Bertz CT molecular complexity index is 931. The highest BCUT2D eigenvalue weighted by atomic mass is 19.2. The summed E-state index contributed by atoms with van der Waals surface area (Å²) in [6.45, 7) is -0.527. The van der Waals surface area contributed by atoms with Crippen LogP contribution < -0.4 is 9.64 Å². The van der Waals surface area contributed by atoms with Gasteiger partial charge in [-0.25, -0.2) is 8.78 Å². The van der Waals surface area contributed by atoms with Crippen LogP contribution in [0, 0.1) is 17.6 Å². The smallest absolute Gasteiger partial charge is 0.311 e. The van der Waals surface area contributed by atoms with Gasteiger partial charge in [-0.15, -0.1) is 0 Å². The highest BCUT2D eigenvalue weighted by molar-refractivity contribution is 6.01. The first kappa shape index (κ1) is 19.5. The Morgan fingerprint density at radius 3 is 2.61 bits per heavy atom. The fourth-order valence-corrected chi connectivity index (χ4v) is 2.96. The molecule has 2 aromatic carbocycles. The largest absolute Gasteiger partial charge is 0.495 e. The third-order valence-corrected chi connectivity index (χ3v) is 4.42. The summed E-state index contributed by atoms with van der Waals surface area (Å²) in [6.07, 6.45) is -0.0593. The summed E-state index contributed by atoms with van der Waals surface area (Å²) in [5.41, 5.74) is 0.438. The second-order valence-electron chi connectivity index (χ2n) is 6.24. The molecule has 1 atom stereocenters. The van der Waals surface area contributed by atoms with Gasteiger partial charge in [-0.1, -0.05) is 12.1 Å². The number of carbonyl (C=O) groups excluding carboxylic acids is 3. The van der Waals surface area contributed by atoms with E-state index in [0.29, 0.717) is 11.4 Å². The van der Waals surface area contributed by atoms with E-state index in [2.05, 4.69) is 0 Å². The quantitative estimate of drug-likeness (QED) is 0.561. The maximum atomic E-state index is 13.2. The highest BCUT2D eigenvalue weighted by Crippen LogP contribution is 2.33. The van der Waals surface area contributed by atoms with E-state index in [0.717, 1.165) is 18.2 Å². The van der Waals surface area contributed by atoms with E-state index in [1.807, 2.05) is 0 Å². The van der Waals surface area contributed by atoms with Gasteiger partial charge in [0.25, 0.3) is 0 Å². The minimum absolute atomic E-state index is 0.0593. The molecule has 1 amide bonds. The summed E-state index contributed by atoms with van der Waals surface area (Å²) in [4.78, 5) is 38.0. The van der Waals surface area contributed by atoms with Crippen LogP contribution in [-0.2, 0) is 14.3 Å². The molecule has 0 saturated carbocycles. The zero-order chi connectivity index (χ0) is 20.3. The zero-order valence-corrected chi connectivity index (χ0v) is 15.0. The molecule has 1 fully saturated rings. The third-order valence-electron chi connectivity index (χ3n) is 4.42. The molecule has 0 N–H and O–H groups in total. The minimum atomic E-state index is -1.16. The lowest BCUT2D eigenvalue weighted by molar-refractivity contribution is -0.147. The molecule has 0 unspecified atom stereocenters. The molecule has 0 bridgehead atoms. The van der Waals surface area contributed by atoms with Crippen molar-refractivity contribution < 1.29 is 32.6 Å². The Morgan fingerprint density at radius 2 is 1.89 bits per heavy atom. The summed E-state index contributed by atoms with van der Waals surface area (Å²) >= 11 is 0.